The van der Waals surface area contributed by atoms with Crippen molar-refractivity contribution in [2.24, 2.45) is 0 Å². The van der Waals surface area contributed by atoms with Crippen molar-refractivity contribution in [2.75, 3.05) is 7.11 Å². The van der Waals surface area contributed by atoms with Gasteiger partial charge in [0, 0.05) is 0 Å². The fourth-order valence-corrected chi connectivity index (χ4v) is 1.34. The van der Waals surface area contributed by atoms with Crippen molar-refractivity contribution < 1.29 is 28.6 Å². The molecule has 2 amide bonds. The number of nitrogens with zero attached hydrogens (tertiary/aromatic N) is 1. The predicted octanol–water partition coefficient (Wildman–Crippen LogP) is 3.40. The Bertz CT molecular complexity index is 480. The summed E-state index contributed by atoms with van der Waals surface area (Å²) in [5.74, 6) is -0.901. The molecule has 0 aromatic rings. The molecule has 0 radical (unpaired) electrons. The first-order valence-corrected chi connectivity index (χ1v) is 6.99. The van der Waals surface area contributed by atoms with E-state index < -0.39 is 29.4 Å². The molecule has 0 aromatic heterocycles. The van der Waals surface area contributed by atoms with Crippen molar-refractivity contribution in [1.82, 2.24) is 4.90 Å². The lowest BCUT2D eigenvalue weighted by Gasteiger charge is -2.28. The summed E-state index contributed by atoms with van der Waals surface area (Å²) in [6, 6.07) is 0. The molecule has 0 aromatic carbocycles. The molecule has 0 saturated carbocycles. The van der Waals surface area contributed by atoms with Crippen LogP contribution < -0.4 is 0 Å². The highest BCUT2D eigenvalue weighted by Crippen LogP contribution is 2.19. The van der Waals surface area contributed by atoms with Gasteiger partial charge in [0.2, 0.25) is 0 Å². The van der Waals surface area contributed by atoms with E-state index in [1.807, 2.05) is 0 Å². The maximum absolute atomic E-state index is 12.3. The Morgan fingerprint density at radius 1 is 0.913 bits per heavy atom. The molecule has 7 nitrogen and oxygen atoms in total. The summed E-state index contributed by atoms with van der Waals surface area (Å²) in [6.45, 7) is 13.2. The molecule has 0 aliphatic rings. The number of hydrogen-bond donors (Lipinski definition) is 0. The third kappa shape index (κ3) is 7.49. The van der Waals surface area contributed by atoms with Gasteiger partial charge >= 0.3 is 18.2 Å². The van der Waals surface area contributed by atoms with Crippen LogP contribution in [-0.4, -0.2) is 41.4 Å². The summed E-state index contributed by atoms with van der Waals surface area (Å²) in [6.07, 6.45) is 0.309. The second-order valence-electron chi connectivity index (χ2n) is 6.58. The van der Waals surface area contributed by atoms with Crippen LogP contribution >= 0.6 is 0 Å². The van der Waals surface area contributed by atoms with Gasteiger partial charge in [0.25, 0.3) is 0 Å². The van der Waals surface area contributed by atoms with Gasteiger partial charge in [-0.3, -0.25) is 0 Å². The fraction of sp³-hybridized carbons (Fsp3) is 0.562. The minimum Gasteiger partial charge on any atom is -0.464 e. The van der Waals surface area contributed by atoms with Gasteiger partial charge in [0.1, 0.15) is 16.9 Å². The number of carbonyl (C=O) groups is 3. The molecule has 0 spiro atoms. The van der Waals surface area contributed by atoms with Crippen LogP contribution in [0.2, 0.25) is 0 Å². The summed E-state index contributed by atoms with van der Waals surface area (Å²) in [7, 11) is 1.13. The van der Waals surface area contributed by atoms with Crippen molar-refractivity contribution >= 4 is 18.2 Å². The van der Waals surface area contributed by atoms with Gasteiger partial charge in [0.15, 0.2) is 0 Å². The van der Waals surface area contributed by atoms with Crippen molar-refractivity contribution in [2.45, 2.75) is 52.7 Å². The van der Waals surface area contributed by atoms with E-state index in [2.05, 4.69) is 11.3 Å². The van der Waals surface area contributed by atoms with E-state index in [0.29, 0.717) is 4.90 Å². The van der Waals surface area contributed by atoms with Crippen LogP contribution in [0.3, 0.4) is 0 Å². The van der Waals surface area contributed by atoms with Crippen LogP contribution in [0.25, 0.3) is 0 Å². The van der Waals surface area contributed by atoms with Gasteiger partial charge in [0.05, 0.1) is 7.11 Å². The van der Waals surface area contributed by atoms with E-state index in [9.17, 15) is 14.4 Å². The molecule has 0 unspecified atom stereocenters. The maximum Gasteiger partial charge on any atom is 0.424 e. The molecule has 7 heteroatoms. The minimum absolute atomic E-state index is 0.356. The molecular formula is C16H25NO6. The summed E-state index contributed by atoms with van der Waals surface area (Å²) >= 11 is 0. The highest BCUT2D eigenvalue weighted by atomic mass is 16.6. The maximum atomic E-state index is 12.3. The number of rotatable bonds is 3. The molecule has 0 atom stereocenters. The largest absolute Gasteiger partial charge is 0.464 e. The molecule has 0 rings (SSSR count). The molecule has 0 bridgehead atoms. The molecular weight excluding hydrogens is 302 g/mol. The molecule has 23 heavy (non-hydrogen) atoms. The van der Waals surface area contributed by atoms with Gasteiger partial charge in [-0.2, -0.15) is 4.90 Å². The second-order valence-corrected chi connectivity index (χ2v) is 6.58. The Balaban J connectivity index is 5.82. The number of esters is 1. The Kier molecular flexibility index (Phi) is 7.02. The van der Waals surface area contributed by atoms with Gasteiger partial charge in [-0.05, 0) is 47.6 Å². The topological polar surface area (TPSA) is 82.1 Å². The first kappa shape index (κ1) is 20.7. The van der Waals surface area contributed by atoms with Crippen molar-refractivity contribution in [1.29, 1.82) is 0 Å². The highest BCUT2D eigenvalue weighted by molar-refractivity contribution is 6.01. The van der Waals surface area contributed by atoms with Crippen LogP contribution in [-0.2, 0) is 19.0 Å². The number of allylic oxidation sites excluding steroid dienone is 2. The van der Waals surface area contributed by atoms with E-state index in [1.165, 1.54) is 12.2 Å². The van der Waals surface area contributed by atoms with Crippen LogP contribution in [0, 0.1) is 0 Å². The van der Waals surface area contributed by atoms with E-state index in [0.717, 1.165) is 7.11 Å². The lowest BCUT2D eigenvalue weighted by molar-refractivity contribution is -0.138. The summed E-state index contributed by atoms with van der Waals surface area (Å²) in [5, 5.41) is 0. The van der Waals surface area contributed by atoms with Crippen molar-refractivity contribution in [3.8, 4) is 0 Å². The Labute approximate surface area is 136 Å². The first-order valence-electron chi connectivity index (χ1n) is 6.99. The predicted molar refractivity (Wildman–Crippen MR) is 84.6 cm³/mol. The van der Waals surface area contributed by atoms with E-state index >= 15 is 0 Å². The lowest BCUT2D eigenvalue weighted by Crippen LogP contribution is -2.44. The highest BCUT2D eigenvalue weighted by Gasteiger charge is 2.36. The van der Waals surface area contributed by atoms with E-state index in [4.69, 9.17) is 9.47 Å². The summed E-state index contributed by atoms with van der Waals surface area (Å²) in [4.78, 5) is 37.1. The second kappa shape index (κ2) is 7.80. The molecule has 0 heterocycles. The molecule has 0 aliphatic carbocycles. The number of imide groups is 1. The zero-order chi connectivity index (χ0) is 18.4. The first-order chi connectivity index (χ1) is 10.3. The number of carbonyl (C=O) groups excluding carboxylic acids is 3. The van der Waals surface area contributed by atoms with Crippen molar-refractivity contribution in [3.05, 3.63) is 24.4 Å². The minimum atomic E-state index is -1.05. The molecule has 0 aliphatic heterocycles. The zero-order valence-electron chi connectivity index (χ0n) is 14.8. The fourth-order valence-electron chi connectivity index (χ4n) is 1.34. The Morgan fingerprint density at radius 2 is 1.30 bits per heavy atom. The van der Waals surface area contributed by atoms with Gasteiger partial charge in [-0.25, -0.2) is 14.4 Å². The van der Waals surface area contributed by atoms with Crippen LogP contribution in [0.4, 0.5) is 9.59 Å². The number of ether oxygens (including phenoxy) is 3. The normalized spacial score (nSPS) is 12.2. The summed E-state index contributed by atoms with van der Waals surface area (Å²) in [5.41, 5.74) is -2.09. The zero-order valence-corrected chi connectivity index (χ0v) is 14.8. The summed E-state index contributed by atoms with van der Waals surface area (Å²) < 4.78 is 14.9. The average molecular weight is 327 g/mol. The third-order valence-electron chi connectivity index (χ3n) is 2.06. The number of methoxy groups -OCH3 is 1. The van der Waals surface area contributed by atoms with Crippen LogP contribution in [0.15, 0.2) is 24.4 Å². The number of amides is 2. The molecule has 130 valence electrons. The SMILES string of the molecule is C=C/C=C(/C(=O)OC)N(C(=O)OC(C)(C)C)C(=O)OC(C)(C)C. The van der Waals surface area contributed by atoms with E-state index in [-0.39, 0.29) is 5.70 Å². The quantitative estimate of drug-likeness (QED) is 0.342. The van der Waals surface area contributed by atoms with Gasteiger partial charge in [-0.1, -0.05) is 12.7 Å². The van der Waals surface area contributed by atoms with Gasteiger partial charge in [-0.15, -0.1) is 0 Å². The van der Waals surface area contributed by atoms with Crippen molar-refractivity contribution in [3.63, 3.8) is 0 Å². The molecule has 0 N–H and O–H groups in total. The monoisotopic (exact) mass is 327 g/mol. The molecule has 0 fully saturated rings. The standard InChI is InChI=1S/C16H25NO6/c1-9-10-11(12(18)21-8)17(13(19)22-15(2,3)4)14(20)23-16(5,6)7/h9-10H,1H2,2-8H3/b11-10-. The lowest BCUT2D eigenvalue weighted by atomic mass is 10.2. The van der Waals surface area contributed by atoms with Crippen LogP contribution in [0.5, 0.6) is 0 Å². The Morgan fingerprint density at radius 3 is 1.57 bits per heavy atom. The smallest absolute Gasteiger partial charge is 0.424 e. The van der Waals surface area contributed by atoms with Gasteiger partial charge < -0.3 is 14.2 Å². The third-order valence-corrected chi connectivity index (χ3v) is 2.06. The Hall–Kier alpha value is -2.31. The number of hydrogen-bond acceptors (Lipinski definition) is 6. The van der Waals surface area contributed by atoms with E-state index in [1.54, 1.807) is 41.5 Å². The average Bonchev–Trinajstić information content (AvgIpc) is 2.32. The molecule has 0 saturated heterocycles. The van der Waals surface area contributed by atoms with Crippen LogP contribution in [0.1, 0.15) is 41.5 Å².